The van der Waals surface area contributed by atoms with Crippen LogP contribution in [0.2, 0.25) is 5.02 Å². The molecular weight excluding hydrogens is 337 g/mol. The smallest absolute Gasteiger partial charge is 0.328 e. The fraction of sp³-hybridized carbons (Fsp3) is 0. The third kappa shape index (κ3) is 3.12. The van der Waals surface area contributed by atoms with Crippen molar-refractivity contribution in [3.63, 3.8) is 0 Å². The predicted octanol–water partition coefficient (Wildman–Crippen LogP) is 1.94. The molecule has 2 rings (SSSR count). The molecule has 0 unspecified atom stereocenters. The van der Waals surface area contributed by atoms with Gasteiger partial charge in [-0.15, -0.1) is 0 Å². The van der Waals surface area contributed by atoms with Crippen molar-refractivity contribution >= 4 is 39.4 Å². The van der Waals surface area contributed by atoms with Gasteiger partial charge in [0.1, 0.15) is 5.56 Å². The number of benzene rings is 1. The molecule has 0 saturated carbocycles. The third-order valence-electron chi connectivity index (χ3n) is 2.20. The Balaban J connectivity index is 2.44. The topological polar surface area (TPSA) is 98.3 Å². The highest BCUT2D eigenvalue weighted by atomic mass is 79.9. The lowest BCUT2D eigenvalue weighted by atomic mass is 10.3. The van der Waals surface area contributed by atoms with Gasteiger partial charge in [-0.1, -0.05) is 27.5 Å². The van der Waals surface area contributed by atoms with Crippen LogP contribution in [0.25, 0.3) is 0 Å². The highest BCUT2D eigenvalue weighted by molar-refractivity contribution is 9.10. The predicted molar refractivity (Wildman–Crippen MR) is 75.8 cm³/mol. The minimum absolute atomic E-state index is 0.154. The van der Waals surface area contributed by atoms with Crippen LogP contribution in [-0.4, -0.2) is 21.3 Å². The second-order valence-corrected chi connectivity index (χ2v) is 4.85. The lowest BCUT2D eigenvalue weighted by Crippen LogP contribution is -2.24. The van der Waals surface area contributed by atoms with Gasteiger partial charge in [0.05, 0.1) is 10.7 Å². The molecule has 0 aliphatic carbocycles. The van der Waals surface area contributed by atoms with E-state index in [0.717, 1.165) is 10.7 Å². The molecule has 2 aromatic rings. The van der Waals surface area contributed by atoms with E-state index in [1.807, 2.05) is 4.98 Å². The van der Waals surface area contributed by atoms with Crippen molar-refractivity contribution in [1.82, 2.24) is 9.97 Å². The van der Waals surface area contributed by atoms with Crippen molar-refractivity contribution in [2.45, 2.75) is 0 Å². The van der Waals surface area contributed by atoms with E-state index in [1.54, 1.807) is 18.2 Å². The normalized spacial score (nSPS) is 11.1. The fourth-order valence-electron chi connectivity index (χ4n) is 1.32. The first kappa shape index (κ1) is 13.6. The van der Waals surface area contributed by atoms with Crippen molar-refractivity contribution in [2.75, 3.05) is 0 Å². The zero-order valence-corrected chi connectivity index (χ0v) is 11.6. The van der Waals surface area contributed by atoms with Crippen LogP contribution in [0.1, 0.15) is 5.56 Å². The summed E-state index contributed by atoms with van der Waals surface area (Å²) in [5.74, 6) is -0.550. The van der Waals surface area contributed by atoms with Crippen LogP contribution < -0.4 is 11.2 Å². The molecule has 98 valence electrons. The third-order valence-corrected chi connectivity index (χ3v) is 3.00. The Morgan fingerprint density at radius 2 is 2.05 bits per heavy atom. The Morgan fingerprint density at radius 3 is 2.68 bits per heavy atom. The average Bonchev–Trinajstić information content (AvgIpc) is 2.30. The molecule has 1 aromatic heterocycles. The summed E-state index contributed by atoms with van der Waals surface area (Å²) in [6, 6.07) is 5.01. The molecule has 19 heavy (non-hydrogen) atoms. The van der Waals surface area contributed by atoms with Gasteiger partial charge in [0.25, 0.3) is 5.56 Å². The van der Waals surface area contributed by atoms with Gasteiger partial charge >= 0.3 is 5.69 Å². The molecule has 1 aromatic carbocycles. The van der Waals surface area contributed by atoms with Crippen molar-refractivity contribution in [3.05, 3.63) is 54.1 Å². The van der Waals surface area contributed by atoms with E-state index in [2.05, 4.69) is 25.9 Å². The summed E-state index contributed by atoms with van der Waals surface area (Å²) in [6.45, 7) is 0. The second kappa shape index (κ2) is 5.41. The van der Waals surface area contributed by atoms with Crippen molar-refractivity contribution in [3.8, 4) is 5.88 Å². The van der Waals surface area contributed by atoms with Crippen LogP contribution in [-0.2, 0) is 0 Å². The summed E-state index contributed by atoms with van der Waals surface area (Å²) < 4.78 is 0.793. The molecule has 0 saturated heterocycles. The van der Waals surface area contributed by atoms with E-state index in [9.17, 15) is 14.7 Å². The lowest BCUT2D eigenvalue weighted by Gasteiger charge is -1.99. The van der Waals surface area contributed by atoms with Gasteiger partial charge < -0.3 is 5.11 Å². The van der Waals surface area contributed by atoms with Crippen LogP contribution in [0.5, 0.6) is 5.88 Å². The number of rotatable bonds is 2. The molecule has 1 heterocycles. The summed E-state index contributed by atoms with van der Waals surface area (Å²) in [4.78, 5) is 30.4. The van der Waals surface area contributed by atoms with Gasteiger partial charge in [-0.3, -0.25) is 19.8 Å². The maximum Gasteiger partial charge on any atom is 0.328 e. The molecule has 0 spiro atoms. The highest BCUT2D eigenvalue weighted by Gasteiger charge is 2.06. The molecule has 0 fully saturated rings. The maximum atomic E-state index is 11.5. The van der Waals surface area contributed by atoms with Crippen LogP contribution in [0.15, 0.2) is 37.3 Å². The maximum absolute atomic E-state index is 11.5. The molecule has 0 aliphatic heterocycles. The Hall–Kier alpha value is -1.86. The van der Waals surface area contributed by atoms with Crippen molar-refractivity contribution in [2.24, 2.45) is 4.99 Å². The van der Waals surface area contributed by atoms with Gasteiger partial charge in [-0.2, -0.15) is 0 Å². The summed E-state index contributed by atoms with van der Waals surface area (Å²) in [6.07, 6.45) is 1.12. The number of halogens is 2. The number of aliphatic imine (C=N–C) groups is 1. The van der Waals surface area contributed by atoms with Crippen LogP contribution in [0.4, 0.5) is 5.69 Å². The van der Waals surface area contributed by atoms with Gasteiger partial charge in [-0.05, 0) is 18.2 Å². The van der Waals surface area contributed by atoms with Gasteiger partial charge in [-0.25, -0.2) is 4.79 Å². The number of nitrogens with one attached hydrogen (secondary N) is 2. The van der Waals surface area contributed by atoms with Crippen LogP contribution >= 0.6 is 27.5 Å². The summed E-state index contributed by atoms with van der Waals surface area (Å²) in [5, 5.41) is 9.84. The first-order chi connectivity index (χ1) is 8.97. The molecule has 0 amide bonds. The van der Waals surface area contributed by atoms with E-state index < -0.39 is 17.1 Å². The van der Waals surface area contributed by atoms with Gasteiger partial charge in [0.2, 0.25) is 5.88 Å². The van der Waals surface area contributed by atoms with Crippen LogP contribution in [0.3, 0.4) is 0 Å². The Kier molecular flexibility index (Phi) is 3.87. The molecule has 0 aliphatic rings. The number of H-pyrrole nitrogens is 2. The molecule has 0 atom stereocenters. The SMILES string of the molecule is O=c1[nH]c(O)c(C=Nc2ccc(Br)cc2Cl)c(=O)[nH]1. The standard InChI is InChI=1S/C11H7BrClN3O3/c12-5-1-2-8(7(13)3-5)14-4-6-9(17)15-11(19)16-10(6)18/h1-4H,(H3,15,16,17,18,19). The molecule has 3 N–H and O–H groups in total. The first-order valence-corrected chi connectivity index (χ1v) is 6.19. The Bertz CT molecular complexity index is 767. The molecule has 0 bridgehead atoms. The van der Waals surface area contributed by atoms with Crippen molar-refractivity contribution in [1.29, 1.82) is 0 Å². The molecule has 6 nitrogen and oxygen atoms in total. The lowest BCUT2D eigenvalue weighted by molar-refractivity contribution is 0.447. The highest BCUT2D eigenvalue weighted by Crippen LogP contribution is 2.27. The minimum Gasteiger partial charge on any atom is -0.494 e. The van der Waals surface area contributed by atoms with E-state index in [1.165, 1.54) is 0 Å². The largest absolute Gasteiger partial charge is 0.494 e. The number of hydrogen-bond donors (Lipinski definition) is 3. The summed E-state index contributed by atoms with van der Waals surface area (Å²) in [5.41, 5.74) is -1.26. The second-order valence-electron chi connectivity index (χ2n) is 3.52. The molecule has 8 heteroatoms. The fourth-order valence-corrected chi connectivity index (χ4v) is 2.05. The summed E-state index contributed by atoms with van der Waals surface area (Å²) >= 11 is 9.20. The van der Waals surface area contributed by atoms with Gasteiger partial charge in [0, 0.05) is 10.7 Å². The minimum atomic E-state index is -0.790. The average molecular weight is 345 g/mol. The van der Waals surface area contributed by atoms with Gasteiger partial charge in [0.15, 0.2) is 0 Å². The van der Waals surface area contributed by atoms with E-state index in [-0.39, 0.29) is 5.56 Å². The first-order valence-electron chi connectivity index (χ1n) is 5.02. The number of hydrogen-bond acceptors (Lipinski definition) is 4. The number of nitrogens with zero attached hydrogens (tertiary/aromatic N) is 1. The zero-order valence-electron chi connectivity index (χ0n) is 9.28. The van der Waals surface area contributed by atoms with E-state index in [0.29, 0.717) is 10.7 Å². The van der Waals surface area contributed by atoms with Crippen LogP contribution in [0, 0.1) is 0 Å². The number of aromatic nitrogens is 2. The van der Waals surface area contributed by atoms with Crippen molar-refractivity contribution < 1.29 is 5.11 Å². The van der Waals surface area contributed by atoms with E-state index in [4.69, 9.17) is 11.6 Å². The molecular formula is C11H7BrClN3O3. The Labute approximate surface area is 119 Å². The monoisotopic (exact) mass is 343 g/mol. The zero-order chi connectivity index (χ0) is 14.0. The number of aromatic hydroxyl groups is 1. The summed E-state index contributed by atoms with van der Waals surface area (Å²) in [7, 11) is 0. The Morgan fingerprint density at radius 1 is 1.32 bits per heavy atom. The van der Waals surface area contributed by atoms with E-state index >= 15 is 0 Å². The molecule has 0 radical (unpaired) electrons. The quantitative estimate of drug-likeness (QED) is 0.726. The number of aromatic amines is 2.